The second kappa shape index (κ2) is 3.78. The van der Waals surface area contributed by atoms with Crippen LogP contribution in [0.2, 0.25) is 0 Å². The van der Waals surface area contributed by atoms with E-state index in [0.717, 1.165) is 10.0 Å². The van der Waals surface area contributed by atoms with Crippen molar-refractivity contribution >= 4 is 15.9 Å². The number of rotatable bonds is 1. The summed E-state index contributed by atoms with van der Waals surface area (Å²) < 4.78 is 12.1. The molecule has 0 saturated carbocycles. The Balaban J connectivity index is 2.13. The number of halogens is 1. The van der Waals surface area contributed by atoms with Crippen LogP contribution in [0.4, 0.5) is 0 Å². The van der Waals surface area contributed by atoms with Crippen molar-refractivity contribution in [3.05, 3.63) is 34.3 Å². The van der Waals surface area contributed by atoms with Gasteiger partial charge in [0.25, 0.3) is 0 Å². The van der Waals surface area contributed by atoms with Gasteiger partial charge in [0.2, 0.25) is 0 Å². The molecule has 1 fully saturated rings. The van der Waals surface area contributed by atoms with Crippen molar-refractivity contribution in [2.24, 2.45) is 0 Å². The zero-order valence-electron chi connectivity index (χ0n) is 7.37. The first-order chi connectivity index (χ1) is 6.25. The predicted molar refractivity (Wildman–Crippen MR) is 53.4 cm³/mol. The normalized spacial score (nSPS) is 27.8. The fourth-order valence-electron chi connectivity index (χ4n) is 1.31. The number of hydrogen-bond acceptors (Lipinski definition) is 2. The molecule has 3 heteroatoms. The standard InChI is InChI=1S/C10H11BrO2/c1-7-6-12-10(13-7)8-2-4-9(11)5-3-8/h2-5,7,10H,6H2,1H3. The lowest BCUT2D eigenvalue weighted by atomic mass is 10.2. The summed E-state index contributed by atoms with van der Waals surface area (Å²) in [5, 5.41) is 0. The van der Waals surface area contributed by atoms with Crippen LogP contribution in [-0.4, -0.2) is 12.7 Å². The highest BCUT2D eigenvalue weighted by molar-refractivity contribution is 9.10. The molecular formula is C10H11BrO2. The Labute approximate surface area is 86.0 Å². The van der Waals surface area contributed by atoms with Crippen molar-refractivity contribution in [1.29, 1.82) is 0 Å². The highest BCUT2D eigenvalue weighted by atomic mass is 79.9. The first-order valence-corrected chi connectivity index (χ1v) is 5.07. The zero-order valence-corrected chi connectivity index (χ0v) is 8.95. The predicted octanol–water partition coefficient (Wildman–Crippen LogP) is 2.88. The lowest BCUT2D eigenvalue weighted by Crippen LogP contribution is -2.02. The lowest BCUT2D eigenvalue weighted by Gasteiger charge is -2.09. The van der Waals surface area contributed by atoms with Gasteiger partial charge in [-0.3, -0.25) is 0 Å². The second-order valence-electron chi connectivity index (χ2n) is 3.16. The maximum absolute atomic E-state index is 5.55. The molecule has 2 atom stereocenters. The van der Waals surface area contributed by atoms with Gasteiger partial charge in [-0.25, -0.2) is 0 Å². The van der Waals surface area contributed by atoms with Crippen molar-refractivity contribution in [2.75, 3.05) is 6.61 Å². The van der Waals surface area contributed by atoms with E-state index in [0.29, 0.717) is 6.61 Å². The van der Waals surface area contributed by atoms with Crippen molar-refractivity contribution < 1.29 is 9.47 Å². The maximum Gasteiger partial charge on any atom is 0.184 e. The molecule has 0 bridgehead atoms. The van der Waals surface area contributed by atoms with Crippen LogP contribution in [0.3, 0.4) is 0 Å². The molecule has 0 N–H and O–H groups in total. The number of ether oxygens (including phenoxy) is 2. The van der Waals surface area contributed by atoms with Crippen LogP contribution in [0, 0.1) is 0 Å². The highest BCUT2D eigenvalue weighted by Crippen LogP contribution is 2.27. The van der Waals surface area contributed by atoms with E-state index in [1.165, 1.54) is 0 Å². The minimum Gasteiger partial charge on any atom is -0.346 e. The third-order valence-corrected chi connectivity index (χ3v) is 2.51. The molecule has 1 saturated heterocycles. The third kappa shape index (κ3) is 2.10. The molecule has 70 valence electrons. The van der Waals surface area contributed by atoms with Crippen LogP contribution in [-0.2, 0) is 9.47 Å². The van der Waals surface area contributed by atoms with Crippen LogP contribution in [0.1, 0.15) is 18.8 Å². The van der Waals surface area contributed by atoms with Gasteiger partial charge < -0.3 is 9.47 Å². The van der Waals surface area contributed by atoms with E-state index in [-0.39, 0.29) is 12.4 Å². The van der Waals surface area contributed by atoms with E-state index in [1.54, 1.807) is 0 Å². The highest BCUT2D eigenvalue weighted by Gasteiger charge is 2.23. The van der Waals surface area contributed by atoms with Crippen molar-refractivity contribution in [1.82, 2.24) is 0 Å². The molecule has 2 unspecified atom stereocenters. The van der Waals surface area contributed by atoms with Gasteiger partial charge in [0, 0.05) is 10.0 Å². The van der Waals surface area contributed by atoms with Crippen molar-refractivity contribution in [3.63, 3.8) is 0 Å². The lowest BCUT2D eigenvalue weighted by molar-refractivity contribution is -0.0572. The Morgan fingerprint density at radius 3 is 2.54 bits per heavy atom. The molecular weight excluding hydrogens is 232 g/mol. The van der Waals surface area contributed by atoms with E-state index in [4.69, 9.17) is 9.47 Å². The topological polar surface area (TPSA) is 18.5 Å². The van der Waals surface area contributed by atoms with Gasteiger partial charge in [0.15, 0.2) is 6.29 Å². The molecule has 1 aromatic carbocycles. The maximum atomic E-state index is 5.55. The van der Waals surface area contributed by atoms with Crippen LogP contribution in [0.15, 0.2) is 28.7 Å². The minimum absolute atomic E-state index is 0.178. The Hall–Kier alpha value is -0.380. The SMILES string of the molecule is CC1COC(c2ccc(Br)cc2)O1. The summed E-state index contributed by atoms with van der Waals surface area (Å²) in [6, 6.07) is 8.00. The van der Waals surface area contributed by atoms with Gasteiger partial charge >= 0.3 is 0 Å². The molecule has 1 heterocycles. The van der Waals surface area contributed by atoms with Crippen molar-refractivity contribution in [2.45, 2.75) is 19.3 Å². The van der Waals surface area contributed by atoms with Gasteiger partial charge in [-0.1, -0.05) is 28.1 Å². The Morgan fingerprint density at radius 1 is 1.31 bits per heavy atom. The van der Waals surface area contributed by atoms with Crippen LogP contribution >= 0.6 is 15.9 Å². The smallest absolute Gasteiger partial charge is 0.184 e. The number of benzene rings is 1. The van der Waals surface area contributed by atoms with Crippen LogP contribution in [0.5, 0.6) is 0 Å². The largest absolute Gasteiger partial charge is 0.346 e. The molecule has 0 spiro atoms. The van der Waals surface area contributed by atoms with E-state index in [1.807, 2.05) is 31.2 Å². The minimum atomic E-state index is -0.178. The van der Waals surface area contributed by atoms with Crippen LogP contribution < -0.4 is 0 Å². The summed E-state index contributed by atoms with van der Waals surface area (Å²) >= 11 is 3.38. The summed E-state index contributed by atoms with van der Waals surface area (Å²) in [5.74, 6) is 0. The van der Waals surface area contributed by atoms with Crippen molar-refractivity contribution in [3.8, 4) is 0 Å². The Morgan fingerprint density at radius 2 is 2.00 bits per heavy atom. The van der Waals surface area contributed by atoms with Gasteiger partial charge in [-0.15, -0.1) is 0 Å². The van der Waals surface area contributed by atoms with Gasteiger partial charge in [0.1, 0.15) is 0 Å². The quantitative estimate of drug-likeness (QED) is 0.755. The molecule has 2 nitrogen and oxygen atoms in total. The van der Waals surface area contributed by atoms with E-state index >= 15 is 0 Å². The van der Waals surface area contributed by atoms with Gasteiger partial charge in [-0.2, -0.15) is 0 Å². The fraction of sp³-hybridized carbons (Fsp3) is 0.400. The zero-order chi connectivity index (χ0) is 9.26. The monoisotopic (exact) mass is 242 g/mol. The molecule has 1 aliphatic heterocycles. The van der Waals surface area contributed by atoms with E-state index in [2.05, 4.69) is 15.9 Å². The third-order valence-electron chi connectivity index (χ3n) is 1.98. The summed E-state index contributed by atoms with van der Waals surface area (Å²) in [6.07, 6.45) is 0.0248. The molecule has 0 aliphatic carbocycles. The molecule has 1 aromatic rings. The Kier molecular flexibility index (Phi) is 2.67. The van der Waals surface area contributed by atoms with Gasteiger partial charge in [0.05, 0.1) is 12.7 Å². The fourth-order valence-corrected chi connectivity index (χ4v) is 1.57. The average Bonchev–Trinajstić information content (AvgIpc) is 2.53. The molecule has 2 rings (SSSR count). The molecule has 1 aliphatic rings. The number of hydrogen-bond donors (Lipinski definition) is 0. The van der Waals surface area contributed by atoms with Gasteiger partial charge in [-0.05, 0) is 19.1 Å². The Bertz CT molecular complexity index is 283. The molecule has 0 radical (unpaired) electrons. The summed E-state index contributed by atoms with van der Waals surface area (Å²) in [7, 11) is 0. The summed E-state index contributed by atoms with van der Waals surface area (Å²) in [4.78, 5) is 0. The second-order valence-corrected chi connectivity index (χ2v) is 4.08. The summed E-state index contributed by atoms with van der Waals surface area (Å²) in [5.41, 5.74) is 1.08. The molecule has 0 aromatic heterocycles. The molecule has 0 amide bonds. The first-order valence-electron chi connectivity index (χ1n) is 4.28. The average molecular weight is 243 g/mol. The van der Waals surface area contributed by atoms with E-state index in [9.17, 15) is 0 Å². The molecule has 13 heavy (non-hydrogen) atoms. The van der Waals surface area contributed by atoms with Crippen LogP contribution in [0.25, 0.3) is 0 Å². The summed E-state index contributed by atoms with van der Waals surface area (Å²) in [6.45, 7) is 2.69. The first kappa shape index (κ1) is 9.19. The van der Waals surface area contributed by atoms with E-state index < -0.39 is 0 Å².